The van der Waals surface area contributed by atoms with Crippen molar-refractivity contribution in [3.05, 3.63) is 64.7 Å². The Morgan fingerprint density at radius 3 is 2.10 bits per heavy atom. The summed E-state index contributed by atoms with van der Waals surface area (Å²) in [4.78, 5) is 11.9. The maximum absolute atomic E-state index is 13.7. The minimum Gasteiger partial charge on any atom is -0.497 e. The Balaban J connectivity index is 2.30. The molecule has 0 aliphatic rings. The van der Waals surface area contributed by atoms with Crippen molar-refractivity contribution in [1.29, 1.82) is 0 Å². The van der Waals surface area contributed by atoms with Gasteiger partial charge in [0.15, 0.2) is 17.4 Å². The number of ether oxygens (including phenoxy) is 1. The molecule has 0 unspecified atom stereocenters. The first-order chi connectivity index (χ1) is 9.92. The highest BCUT2D eigenvalue weighted by Crippen LogP contribution is 2.22. The van der Waals surface area contributed by atoms with Gasteiger partial charge in [0.1, 0.15) is 17.4 Å². The number of halogens is 4. The average Bonchev–Trinajstić information content (AvgIpc) is 2.42. The van der Waals surface area contributed by atoms with E-state index in [1.165, 1.54) is 13.2 Å². The van der Waals surface area contributed by atoms with Gasteiger partial charge in [0.05, 0.1) is 12.7 Å². The van der Waals surface area contributed by atoms with E-state index in [4.69, 9.17) is 0 Å². The van der Waals surface area contributed by atoms with Crippen molar-refractivity contribution in [2.24, 2.45) is 0 Å². The third-order valence-corrected chi connectivity index (χ3v) is 2.88. The lowest BCUT2D eigenvalue weighted by Crippen LogP contribution is -2.10. The van der Waals surface area contributed by atoms with Gasteiger partial charge in [-0.3, -0.25) is 4.79 Å². The number of Topliss-reactive ketones (excluding diaryl/α,β-unsaturated/α-hetero) is 1. The molecule has 0 radical (unpaired) electrons. The number of methoxy groups -OCH3 is 1. The summed E-state index contributed by atoms with van der Waals surface area (Å²) in [5.74, 6) is -5.27. The van der Waals surface area contributed by atoms with E-state index in [-0.39, 0.29) is 11.3 Å². The Kier molecular flexibility index (Phi) is 4.26. The van der Waals surface area contributed by atoms with Crippen LogP contribution < -0.4 is 4.74 Å². The molecule has 0 bridgehead atoms. The quantitative estimate of drug-likeness (QED) is 0.636. The van der Waals surface area contributed by atoms with Crippen LogP contribution in [0, 0.1) is 23.3 Å². The van der Waals surface area contributed by atoms with Gasteiger partial charge in [-0.15, -0.1) is 0 Å². The van der Waals surface area contributed by atoms with Crippen LogP contribution >= 0.6 is 0 Å². The molecule has 0 heterocycles. The van der Waals surface area contributed by atoms with Crippen LogP contribution in [0.2, 0.25) is 0 Å². The van der Waals surface area contributed by atoms with Gasteiger partial charge in [-0.05, 0) is 17.7 Å². The van der Waals surface area contributed by atoms with E-state index in [1.54, 1.807) is 0 Å². The minimum atomic E-state index is -1.13. The van der Waals surface area contributed by atoms with E-state index in [1.807, 2.05) is 0 Å². The average molecular weight is 298 g/mol. The molecule has 0 amide bonds. The summed E-state index contributed by atoms with van der Waals surface area (Å²) in [5, 5.41) is 0. The normalized spacial score (nSPS) is 10.5. The van der Waals surface area contributed by atoms with Crippen molar-refractivity contribution in [2.75, 3.05) is 7.11 Å². The van der Waals surface area contributed by atoms with Crippen molar-refractivity contribution in [3.63, 3.8) is 0 Å². The van der Waals surface area contributed by atoms with Crippen molar-refractivity contribution in [2.45, 2.75) is 6.42 Å². The second-order valence-corrected chi connectivity index (χ2v) is 4.31. The van der Waals surface area contributed by atoms with Crippen LogP contribution in [0.1, 0.15) is 15.9 Å². The van der Waals surface area contributed by atoms with Crippen molar-refractivity contribution in [1.82, 2.24) is 0 Å². The Labute approximate surface area is 118 Å². The molecule has 2 rings (SSSR count). The van der Waals surface area contributed by atoms with E-state index < -0.39 is 41.0 Å². The fourth-order valence-corrected chi connectivity index (χ4v) is 1.86. The van der Waals surface area contributed by atoms with Gasteiger partial charge in [0, 0.05) is 18.6 Å². The first-order valence-electron chi connectivity index (χ1n) is 5.92. The predicted octanol–water partition coefficient (Wildman–Crippen LogP) is 3.68. The molecule has 0 aliphatic carbocycles. The van der Waals surface area contributed by atoms with Gasteiger partial charge >= 0.3 is 0 Å². The Morgan fingerprint density at radius 1 is 0.952 bits per heavy atom. The zero-order valence-electron chi connectivity index (χ0n) is 10.9. The second kappa shape index (κ2) is 5.95. The standard InChI is InChI=1S/C15H10F4O2/c1-21-9-6-12(18)15(13(19)7-9)14(20)5-8-2-3-10(16)11(17)4-8/h2-4,6-7H,5H2,1H3. The number of hydrogen-bond donors (Lipinski definition) is 0. The van der Waals surface area contributed by atoms with E-state index in [9.17, 15) is 22.4 Å². The highest BCUT2D eigenvalue weighted by atomic mass is 19.2. The van der Waals surface area contributed by atoms with Gasteiger partial charge in [-0.25, -0.2) is 17.6 Å². The molecule has 0 saturated heterocycles. The van der Waals surface area contributed by atoms with Gasteiger partial charge in [0.2, 0.25) is 0 Å². The largest absolute Gasteiger partial charge is 0.497 e. The maximum Gasteiger partial charge on any atom is 0.173 e. The van der Waals surface area contributed by atoms with Gasteiger partial charge in [-0.2, -0.15) is 0 Å². The summed E-state index contributed by atoms with van der Waals surface area (Å²) < 4.78 is 57.9. The predicted molar refractivity (Wildman–Crippen MR) is 67.3 cm³/mol. The van der Waals surface area contributed by atoms with Crippen molar-refractivity contribution in [3.8, 4) is 5.75 Å². The zero-order valence-corrected chi connectivity index (χ0v) is 10.9. The van der Waals surface area contributed by atoms with Crippen LogP contribution in [-0.2, 0) is 6.42 Å². The summed E-state index contributed by atoms with van der Waals surface area (Å²) in [5.41, 5.74) is -0.617. The summed E-state index contributed by atoms with van der Waals surface area (Å²) in [6, 6.07) is 4.59. The molecule has 0 saturated carbocycles. The smallest absolute Gasteiger partial charge is 0.173 e. The van der Waals surface area contributed by atoms with E-state index in [2.05, 4.69) is 4.74 Å². The van der Waals surface area contributed by atoms with Crippen LogP contribution in [0.3, 0.4) is 0 Å². The summed E-state index contributed by atoms with van der Waals surface area (Å²) in [7, 11) is 1.23. The molecule has 2 nitrogen and oxygen atoms in total. The molecular formula is C15H10F4O2. The van der Waals surface area contributed by atoms with Crippen LogP contribution in [-0.4, -0.2) is 12.9 Å². The molecule has 2 aromatic rings. The highest BCUT2D eigenvalue weighted by Gasteiger charge is 2.19. The monoisotopic (exact) mass is 298 g/mol. The Hall–Kier alpha value is -2.37. The molecule has 0 atom stereocenters. The Bertz CT molecular complexity index is 675. The topological polar surface area (TPSA) is 26.3 Å². The van der Waals surface area contributed by atoms with Gasteiger partial charge < -0.3 is 4.74 Å². The molecule has 0 N–H and O–H groups in total. The lowest BCUT2D eigenvalue weighted by molar-refractivity contribution is 0.0984. The van der Waals surface area contributed by atoms with Crippen molar-refractivity contribution < 1.29 is 27.1 Å². The number of carbonyl (C=O) groups is 1. The number of carbonyl (C=O) groups excluding carboxylic acids is 1. The zero-order chi connectivity index (χ0) is 15.6. The molecule has 0 fully saturated rings. The number of ketones is 1. The number of benzene rings is 2. The summed E-state index contributed by atoms with van der Waals surface area (Å²) in [6.07, 6.45) is -0.447. The molecule has 0 aliphatic heterocycles. The molecule has 21 heavy (non-hydrogen) atoms. The third kappa shape index (κ3) is 3.21. The maximum atomic E-state index is 13.7. The highest BCUT2D eigenvalue weighted by molar-refractivity contribution is 5.98. The lowest BCUT2D eigenvalue weighted by atomic mass is 10.0. The molecule has 6 heteroatoms. The van der Waals surface area contributed by atoms with E-state index in [0.717, 1.165) is 24.3 Å². The van der Waals surface area contributed by atoms with Crippen LogP contribution in [0.15, 0.2) is 30.3 Å². The Morgan fingerprint density at radius 2 is 1.57 bits per heavy atom. The third-order valence-electron chi connectivity index (χ3n) is 2.88. The van der Waals surface area contributed by atoms with Gasteiger partial charge in [-0.1, -0.05) is 6.07 Å². The number of rotatable bonds is 4. The number of hydrogen-bond acceptors (Lipinski definition) is 2. The molecule has 0 aromatic heterocycles. The van der Waals surface area contributed by atoms with Crippen LogP contribution in [0.25, 0.3) is 0 Å². The first kappa shape index (κ1) is 15.0. The summed E-state index contributed by atoms with van der Waals surface area (Å²) in [6.45, 7) is 0. The SMILES string of the molecule is COc1cc(F)c(C(=O)Cc2ccc(F)c(F)c2)c(F)c1. The molecule has 0 spiro atoms. The molecule has 110 valence electrons. The summed E-state index contributed by atoms with van der Waals surface area (Å²) >= 11 is 0. The first-order valence-corrected chi connectivity index (χ1v) is 5.92. The lowest BCUT2D eigenvalue weighted by Gasteiger charge is -2.07. The molecule has 2 aromatic carbocycles. The van der Waals surface area contributed by atoms with E-state index >= 15 is 0 Å². The minimum absolute atomic E-state index is 0.0608. The van der Waals surface area contributed by atoms with Crippen molar-refractivity contribution >= 4 is 5.78 Å². The van der Waals surface area contributed by atoms with E-state index in [0.29, 0.717) is 0 Å². The van der Waals surface area contributed by atoms with Crippen LogP contribution in [0.5, 0.6) is 5.75 Å². The second-order valence-electron chi connectivity index (χ2n) is 4.31. The van der Waals surface area contributed by atoms with Gasteiger partial charge in [0.25, 0.3) is 0 Å². The van der Waals surface area contributed by atoms with Crippen LogP contribution in [0.4, 0.5) is 17.6 Å². The molecular weight excluding hydrogens is 288 g/mol. The fourth-order valence-electron chi connectivity index (χ4n) is 1.86. The fraction of sp³-hybridized carbons (Fsp3) is 0.133.